The van der Waals surface area contributed by atoms with E-state index in [1.54, 1.807) is 0 Å². The van der Waals surface area contributed by atoms with Crippen molar-refractivity contribution in [1.29, 1.82) is 0 Å². The number of anilines is 1. The van der Waals surface area contributed by atoms with Gasteiger partial charge in [0, 0.05) is 18.2 Å². The standard InChI is InChI=1S/C13H15F3N4O/c1-7(21)20-5-11(18)19-13(6-20,12(15)16)9-4-8(17)2-3-10(9)14/h2-4,12H,5-6,17H2,1H3,(H2,18,19). The van der Waals surface area contributed by atoms with Crippen molar-refractivity contribution in [3.8, 4) is 0 Å². The topological polar surface area (TPSA) is 84.7 Å². The van der Waals surface area contributed by atoms with Gasteiger partial charge in [-0.05, 0) is 18.2 Å². The predicted molar refractivity (Wildman–Crippen MR) is 72.4 cm³/mol. The number of amides is 1. The summed E-state index contributed by atoms with van der Waals surface area (Å²) in [5.41, 5.74) is 8.63. The normalized spacial score (nSPS) is 22.3. The second kappa shape index (κ2) is 5.27. The lowest BCUT2D eigenvalue weighted by Gasteiger charge is -2.39. The minimum absolute atomic E-state index is 0.0618. The third-order valence-electron chi connectivity index (χ3n) is 3.39. The quantitative estimate of drug-likeness (QED) is 0.802. The summed E-state index contributed by atoms with van der Waals surface area (Å²) in [6.45, 7) is 0.708. The molecule has 1 amide bonds. The summed E-state index contributed by atoms with van der Waals surface area (Å²) >= 11 is 0. The van der Waals surface area contributed by atoms with Crippen molar-refractivity contribution in [1.82, 2.24) is 4.90 Å². The van der Waals surface area contributed by atoms with Crippen LogP contribution in [0.1, 0.15) is 12.5 Å². The van der Waals surface area contributed by atoms with Crippen LogP contribution in [0.2, 0.25) is 0 Å². The summed E-state index contributed by atoms with van der Waals surface area (Å²) in [5, 5.41) is 0. The van der Waals surface area contributed by atoms with Gasteiger partial charge in [-0.25, -0.2) is 13.2 Å². The van der Waals surface area contributed by atoms with Gasteiger partial charge in [-0.3, -0.25) is 9.79 Å². The van der Waals surface area contributed by atoms with Crippen LogP contribution in [0.5, 0.6) is 0 Å². The number of rotatable bonds is 2. The molecule has 0 aliphatic carbocycles. The van der Waals surface area contributed by atoms with E-state index in [4.69, 9.17) is 11.5 Å². The molecule has 1 aliphatic heterocycles. The van der Waals surface area contributed by atoms with E-state index in [1.165, 1.54) is 13.0 Å². The minimum Gasteiger partial charge on any atom is -0.399 e. The van der Waals surface area contributed by atoms with Gasteiger partial charge in [0.1, 0.15) is 11.7 Å². The van der Waals surface area contributed by atoms with E-state index in [0.29, 0.717) is 0 Å². The summed E-state index contributed by atoms with van der Waals surface area (Å²) in [5.74, 6) is -1.47. The third-order valence-corrected chi connectivity index (χ3v) is 3.39. The number of nitrogens with two attached hydrogens (primary N) is 2. The first-order valence-electron chi connectivity index (χ1n) is 6.19. The van der Waals surface area contributed by atoms with Crippen LogP contribution in [-0.4, -0.2) is 36.2 Å². The number of benzene rings is 1. The van der Waals surface area contributed by atoms with Gasteiger partial charge in [0.2, 0.25) is 5.91 Å². The van der Waals surface area contributed by atoms with E-state index in [0.717, 1.165) is 17.0 Å². The molecule has 1 aromatic rings. The number of halogens is 3. The molecule has 4 N–H and O–H groups in total. The molecule has 0 saturated carbocycles. The Balaban J connectivity index is 2.63. The van der Waals surface area contributed by atoms with Gasteiger partial charge in [-0.1, -0.05) is 0 Å². The van der Waals surface area contributed by atoms with Crippen LogP contribution in [0.4, 0.5) is 18.9 Å². The number of aliphatic imine (C=N–C) groups is 1. The highest BCUT2D eigenvalue weighted by Crippen LogP contribution is 2.38. The zero-order chi connectivity index (χ0) is 15.8. The largest absolute Gasteiger partial charge is 0.399 e. The van der Waals surface area contributed by atoms with Crippen molar-refractivity contribution < 1.29 is 18.0 Å². The van der Waals surface area contributed by atoms with Crippen molar-refractivity contribution in [2.75, 3.05) is 18.8 Å². The van der Waals surface area contributed by atoms with Gasteiger partial charge in [-0.15, -0.1) is 0 Å². The number of carbonyl (C=O) groups excluding carboxylic acids is 1. The van der Waals surface area contributed by atoms with E-state index >= 15 is 0 Å². The summed E-state index contributed by atoms with van der Waals surface area (Å²) < 4.78 is 41.4. The van der Waals surface area contributed by atoms with Crippen LogP contribution in [-0.2, 0) is 10.3 Å². The Bertz CT molecular complexity index is 605. The van der Waals surface area contributed by atoms with Gasteiger partial charge in [0.05, 0.1) is 13.1 Å². The molecule has 21 heavy (non-hydrogen) atoms. The Morgan fingerprint density at radius 3 is 2.67 bits per heavy atom. The van der Waals surface area contributed by atoms with Crippen LogP contribution >= 0.6 is 0 Å². The first kappa shape index (κ1) is 15.1. The molecule has 1 aliphatic rings. The van der Waals surface area contributed by atoms with E-state index in [9.17, 15) is 18.0 Å². The fourth-order valence-electron chi connectivity index (χ4n) is 2.35. The number of alkyl halides is 2. The summed E-state index contributed by atoms with van der Waals surface area (Å²) in [6.07, 6.45) is -3.05. The Morgan fingerprint density at radius 2 is 2.10 bits per heavy atom. The number of hydrogen-bond acceptors (Lipinski definition) is 4. The molecule has 8 heteroatoms. The molecular weight excluding hydrogens is 285 g/mol. The lowest BCUT2D eigenvalue weighted by Crippen LogP contribution is -2.54. The molecule has 5 nitrogen and oxygen atoms in total. The van der Waals surface area contributed by atoms with Gasteiger partial charge in [0.25, 0.3) is 6.43 Å². The molecule has 0 radical (unpaired) electrons. The molecule has 0 fully saturated rings. The smallest absolute Gasteiger partial charge is 0.269 e. The van der Waals surface area contributed by atoms with Gasteiger partial charge >= 0.3 is 0 Å². The van der Waals surface area contributed by atoms with Crippen molar-refractivity contribution in [3.63, 3.8) is 0 Å². The number of nitrogens with zero attached hydrogens (tertiary/aromatic N) is 2. The third kappa shape index (κ3) is 2.65. The van der Waals surface area contributed by atoms with Gasteiger partial charge in [-0.2, -0.15) is 0 Å². The lowest BCUT2D eigenvalue weighted by molar-refractivity contribution is -0.130. The second-order valence-electron chi connectivity index (χ2n) is 4.94. The molecule has 1 atom stereocenters. The molecule has 0 saturated heterocycles. The van der Waals surface area contributed by atoms with E-state index in [1.807, 2.05) is 0 Å². The predicted octanol–water partition coefficient (Wildman–Crippen LogP) is 1.09. The first-order chi connectivity index (χ1) is 9.76. The summed E-state index contributed by atoms with van der Waals surface area (Å²) in [4.78, 5) is 16.4. The van der Waals surface area contributed by atoms with Crippen molar-refractivity contribution >= 4 is 17.4 Å². The SMILES string of the molecule is CC(=O)N1CC(N)=NC(c2cc(N)ccc2F)(C(F)F)C1. The number of hydrogen-bond donors (Lipinski definition) is 2. The average Bonchev–Trinajstić information content (AvgIpc) is 2.40. The highest BCUT2D eigenvalue weighted by molar-refractivity contribution is 5.88. The maximum absolute atomic E-state index is 14.0. The van der Waals surface area contributed by atoms with E-state index in [2.05, 4.69) is 4.99 Å². The van der Waals surface area contributed by atoms with Crippen molar-refractivity contribution in [2.24, 2.45) is 10.7 Å². The molecule has 114 valence electrons. The lowest BCUT2D eigenvalue weighted by atomic mass is 9.88. The summed E-state index contributed by atoms with van der Waals surface area (Å²) in [6, 6.07) is 3.35. The highest BCUT2D eigenvalue weighted by atomic mass is 19.3. The van der Waals surface area contributed by atoms with Crippen LogP contribution < -0.4 is 11.5 Å². The maximum atomic E-state index is 14.0. The maximum Gasteiger partial charge on any atom is 0.269 e. The Labute approximate surface area is 119 Å². The van der Waals surface area contributed by atoms with Crippen molar-refractivity contribution in [2.45, 2.75) is 18.9 Å². The van der Waals surface area contributed by atoms with E-state index < -0.39 is 30.2 Å². The minimum atomic E-state index is -3.05. The van der Waals surface area contributed by atoms with Gasteiger partial charge in [0.15, 0.2) is 5.54 Å². The molecule has 0 bridgehead atoms. The van der Waals surface area contributed by atoms with Crippen LogP contribution in [0.15, 0.2) is 23.2 Å². The van der Waals surface area contributed by atoms with E-state index in [-0.39, 0.29) is 23.6 Å². The Morgan fingerprint density at radius 1 is 1.43 bits per heavy atom. The molecule has 1 heterocycles. The fourth-order valence-corrected chi connectivity index (χ4v) is 2.35. The average molecular weight is 300 g/mol. The number of amidine groups is 1. The molecule has 1 aromatic carbocycles. The Hall–Kier alpha value is -2.25. The second-order valence-corrected chi connectivity index (χ2v) is 4.94. The fraction of sp³-hybridized carbons (Fsp3) is 0.385. The first-order valence-corrected chi connectivity index (χ1v) is 6.19. The monoisotopic (exact) mass is 300 g/mol. The molecule has 2 rings (SSSR count). The van der Waals surface area contributed by atoms with Crippen LogP contribution in [0, 0.1) is 5.82 Å². The molecule has 0 aromatic heterocycles. The highest BCUT2D eigenvalue weighted by Gasteiger charge is 2.48. The zero-order valence-electron chi connectivity index (χ0n) is 11.3. The Kier molecular flexibility index (Phi) is 3.80. The van der Waals surface area contributed by atoms with Crippen LogP contribution in [0.3, 0.4) is 0 Å². The summed E-state index contributed by atoms with van der Waals surface area (Å²) in [7, 11) is 0. The number of nitrogen functional groups attached to an aromatic ring is 1. The zero-order valence-corrected chi connectivity index (χ0v) is 11.3. The van der Waals surface area contributed by atoms with Crippen molar-refractivity contribution in [3.05, 3.63) is 29.6 Å². The molecule has 0 spiro atoms. The molecule has 1 unspecified atom stereocenters. The van der Waals surface area contributed by atoms with Crippen LogP contribution in [0.25, 0.3) is 0 Å². The van der Waals surface area contributed by atoms with Gasteiger partial charge < -0.3 is 16.4 Å². The molecular formula is C13H15F3N4O. The number of carbonyl (C=O) groups is 1.